The van der Waals surface area contributed by atoms with Crippen molar-refractivity contribution < 1.29 is 39.2 Å². The standard InChI is InChI=1S/C29H26ClF4N3O5S2/c30-20-4-6-21(7-5-20)44(41,42)37-25-8-3-18(27(38)36-16-24-23(31)14-19(15-35-24)29(32,33)34)13-22(25)28(26(37)17-1-2-17)9-11-43(39,40)12-10-28/h3-8,13-15,17,26H,1-2,9-12,16H2,(H,36,38). The zero-order chi connectivity index (χ0) is 31.7. The summed E-state index contributed by atoms with van der Waals surface area (Å²) in [5.41, 5.74) is -1.54. The van der Waals surface area contributed by atoms with Crippen LogP contribution in [0.15, 0.2) is 59.6 Å². The molecule has 1 atom stereocenters. The van der Waals surface area contributed by atoms with Crippen LogP contribution in [0.2, 0.25) is 5.02 Å². The molecule has 1 unspecified atom stereocenters. The van der Waals surface area contributed by atoms with Crippen LogP contribution in [0, 0.1) is 11.7 Å². The molecule has 2 aromatic carbocycles. The molecule has 1 aromatic heterocycles. The minimum absolute atomic E-state index is 0.0173. The number of fused-ring (bicyclic) bond motifs is 2. The fraction of sp³-hybridized carbons (Fsp3) is 0.379. The van der Waals surface area contributed by atoms with Crippen molar-refractivity contribution in [1.29, 1.82) is 0 Å². The van der Waals surface area contributed by atoms with E-state index < -0.39 is 67.0 Å². The zero-order valence-electron chi connectivity index (χ0n) is 22.9. The topological polar surface area (TPSA) is 114 Å². The Morgan fingerprint density at radius 1 is 1.07 bits per heavy atom. The number of halogens is 5. The first kappa shape index (κ1) is 30.8. The lowest BCUT2D eigenvalue weighted by molar-refractivity contribution is -0.138. The number of rotatable bonds is 6. The van der Waals surface area contributed by atoms with Gasteiger partial charge in [-0.1, -0.05) is 11.6 Å². The highest BCUT2D eigenvalue weighted by molar-refractivity contribution is 7.93. The van der Waals surface area contributed by atoms with Crippen LogP contribution in [0.3, 0.4) is 0 Å². The minimum Gasteiger partial charge on any atom is -0.346 e. The second-order valence-electron chi connectivity index (χ2n) is 11.4. The van der Waals surface area contributed by atoms with Gasteiger partial charge in [-0.15, -0.1) is 0 Å². The van der Waals surface area contributed by atoms with Crippen LogP contribution in [-0.2, 0) is 38.0 Å². The van der Waals surface area contributed by atoms with Gasteiger partial charge in [0, 0.05) is 22.2 Å². The Morgan fingerprint density at radius 3 is 2.32 bits per heavy atom. The first-order chi connectivity index (χ1) is 20.6. The Balaban J connectivity index is 1.37. The smallest absolute Gasteiger partial charge is 0.346 e. The number of hydrogen-bond donors (Lipinski definition) is 1. The summed E-state index contributed by atoms with van der Waals surface area (Å²) in [6, 6.07) is 9.98. The molecule has 234 valence electrons. The molecular formula is C29H26ClF4N3O5S2. The molecule has 2 fully saturated rings. The normalized spacial score (nSPS) is 20.8. The summed E-state index contributed by atoms with van der Waals surface area (Å²) in [6.07, 6.45) is -2.43. The Morgan fingerprint density at radius 2 is 1.73 bits per heavy atom. The molecule has 3 aliphatic rings. The lowest BCUT2D eigenvalue weighted by atomic mass is 9.70. The van der Waals surface area contributed by atoms with Crippen LogP contribution in [-0.4, -0.2) is 45.3 Å². The molecule has 1 amide bonds. The van der Waals surface area contributed by atoms with Gasteiger partial charge in [0.15, 0.2) is 0 Å². The predicted molar refractivity (Wildman–Crippen MR) is 154 cm³/mol. The average Bonchev–Trinajstić information content (AvgIpc) is 3.76. The molecule has 1 saturated heterocycles. The van der Waals surface area contributed by atoms with E-state index in [2.05, 4.69) is 10.3 Å². The number of anilines is 1. The van der Waals surface area contributed by atoms with E-state index in [9.17, 15) is 39.2 Å². The van der Waals surface area contributed by atoms with Crippen LogP contribution in [0.1, 0.15) is 52.9 Å². The minimum atomic E-state index is -4.78. The third kappa shape index (κ3) is 5.45. The maximum absolute atomic E-state index is 14.3. The molecule has 8 nitrogen and oxygen atoms in total. The molecule has 0 bridgehead atoms. The van der Waals surface area contributed by atoms with E-state index in [1.54, 1.807) is 6.07 Å². The third-order valence-corrected chi connectivity index (χ3v) is 12.4. The van der Waals surface area contributed by atoms with Crippen molar-refractivity contribution in [2.45, 2.75) is 54.8 Å². The molecule has 15 heteroatoms. The first-order valence-corrected chi connectivity index (χ1v) is 17.4. The van der Waals surface area contributed by atoms with Crippen molar-refractivity contribution in [3.05, 3.63) is 88.0 Å². The van der Waals surface area contributed by atoms with Crippen LogP contribution < -0.4 is 9.62 Å². The molecule has 0 radical (unpaired) electrons. The number of benzene rings is 2. The SMILES string of the molecule is O=C(NCc1ncc(C(F)(F)F)cc1F)c1ccc2c(c1)C1(CCS(=O)(=O)CC1)C(C1CC1)N2S(=O)(=O)c1ccc(Cl)cc1. The Labute approximate surface area is 256 Å². The average molecular weight is 672 g/mol. The monoisotopic (exact) mass is 671 g/mol. The molecule has 1 spiro atoms. The number of hydrogen-bond acceptors (Lipinski definition) is 6. The largest absolute Gasteiger partial charge is 0.417 e. The molecule has 1 saturated carbocycles. The Kier molecular flexibility index (Phi) is 7.48. The van der Waals surface area contributed by atoms with Crippen LogP contribution >= 0.6 is 11.6 Å². The number of alkyl halides is 3. The van der Waals surface area contributed by atoms with Crippen molar-refractivity contribution >= 4 is 43.1 Å². The molecule has 1 N–H and O–H groups in total. The molecule has 44 heavy (non-hydrogen) atoms. The van der Waals surface area contributed by atoms with Gasteiger partial charge >= 0.3 is 6.18 Å². The summed E-state index contributed by atoms with van der Waals surface area (Å²) in [7, 11) is -7.47. The fourth-order valence-corrected chi connectivity index (χ4v) is 9.82. The van der Waals surface area contributed by atoms with E-state index in [1.165, 1.54) is 40.7 Å². The number of sulfone groups is 1. The first-order valence-electron chi connectivity index (χ1n) is 13.8. The van der Waals surface area contributed by atoms with E-state index in [-0.39, 0.29) is 40.7 Å². The van der Waals surface area contributed by atoms with Crippen LogP contribution in [0.25, 0.3) is 0 Å². The summed E-state index contributed by atoms with van der Waals surface area (Å²) in [6.45, 7) is -0.495. The summed E-state index contributed by atoms with van der Waals surface area (Å²) < 4.78 is 108. The van der Waals surface area contributed by atoms with Gasteiger partial charge in [0.05, 0.1) is 45.9 Å². The van der Waals surface area contributed by atoms with Crippen LogP contribution in [0.4, 0.5) is 23.2 Å². The van der Waals surface area contributed by atoms with Gasteiger partial charge in [0.2, 0.25) is 0 Å². The van der Waals surface area contributed by atoms with Crippen molar-refractivity contribution in [1.82, 2.24) is 10.3 Å². The van der Waals surface area contributed by atoms with Crippen molar-refractivity contribution in [2.75, 3.05) is 15.8 Å². The van der Waals surface area contributed by atoms with E-state index in [4.69, 9.17) is 11.6 Å². The van der Waals surface area contributed by atoms with Gasteiger partial charge in [-0.2, -0.15) is 13.2 Å². The van der Waals surface area contributed by atoms with Gasteiger partial charge in [0.1, 0.15) is 15.7 Å². The second kappa shape index (κ2) is 10.7. The number of carbonyl (C=O) groups is 1. The highest BCUT2D eigenvalue weighted by atomic mass is 35.5. The van der Waals surface area contributed by atoms with Gasteiger partial charge in [-0.3, -0.25) is 14.1 Å². The number of nitrogens with one attached hydrogen (secondary N) is 1. The van der Waals surface area contributed by atoms with Crippen molar-refractivity contribution in [2.24, 2.45) is 5.92 Å². The molecule has 3 heterocycles. The number of aromatic nitrogens is 1. The highest BCUT2D eigenvalue weighted by Crippen LogP contribution is 2.59. The lowest BCUT2D eigenvalue weighted by Crippen LogP contribution is -2.52. The Hall–Kier alpha value is -3.23. The highest BCUT2D eigenvalue weighted by Gasteiger charge is 2.60. The van der Waals surface area contributed by atoms with Crippen LogP contribution in [0.5, 0.6) is 0 Å². The van der Waals surface area contributed by atoms with E-state index in [0.29, 0.717) is 28.5 Å². The predicted octanol–water partition coefficient (Wildman–Crippen LogP) is 5.26. The Bertz CT molecular complexity index is 1850. The number of pyridine rings is 1. The summed E-state index contributed by atoms with van der Waals surface area (Å²) in [5.74, 6) is -2.21. The van der Waals surface area contributed by atoms with Gasteiger partial charge < -0.3 is 5.32 Å². The quantitative estimate of drug-likeness (QED) is 0.358. The van der Waals surface area contributed by atoms with Gasteiger partial charge in [-0.05, 0) is 85.7 Å². The number of sulfonamides is 1. The number of carbonyl (C=O) groups excluding carboxylic acids is 1. The van der Waals surface area contributed by atoms with E-state index in [0.717, 1.165) is 12.8 Å². The fourth-order valence-electron chi connectivity index (χ4n) is 6.34. The summed E-state index contributed by atoms with van der Waals surface area (Å²) in [5, 5.41) is 2.83. The molecule has 2 aliphatic heterocycles. The summed E-state index contributed by atoms with van der Waals surface area (Å²) in [4.78, 5) is 16.7. The molecule has 1 aliphatic carbocycles. The third-order valence-electron chi connectivity index (χ3n) is 8.67. The van der Waals surface area contributed by atoms with Gasteiger partial charge in [0.25, 0.3) is 15.9 Å². The second-order valence-corrected chi connectivity index (χ2v) is 16.0. The maximum atomic E-state index is 14.3. The number of nitrogens with zero attached hydrogens (tertiary/aromatic N) is 2. The van der Waals surface area contributed by atoms with E-state index >= 15 is 0 Å². The summed E-state index contributed by atoms with van der Waals surface area (Å²) >= 11 is 6.01. The van der Waals surface area contributed by atoms with E-state index in [1.807, 2.05) is 0 Å². The van der Waals surface area contributed by atoms with Crippen molar-refractivity contribution in [3.8, 4) is 0 Å². The van der Waals surface area contributed by atoms with Crippen molar-refractivity contribution in [3.63, 3.8) is 0 Å². The lowest BCUT2D eigenvalue weighted by Gasteiger charge is -2.41. The maximum Gasteiger partial charge on any atom is 0.417 e. The molecule has 6 rings (SSSR count). The zero-order valence-corrected chi connectivity index (χ0v) is 25.3. The van der Waals surface area contributed by atoms with Gasteiger partial charge in [-0.25, -0.2) is 21.2 Å². The molecule has 3 aromatic rings. The molecular weight excluding hydrogens is 646 g/mol. The number of amides is 1.